The molecule has 0 radical (unpaired) electrons. The van der Waals surface area contributed by atoms with E-state index in [0.29, 0.717) is 27.8 Å². The van der Waals surface area contributed by atoms with Crippen LogP contribution in [0.4, 0.5) is 0 Å². The SMILES string of the molecule is COc1cc(C(=O)NC(c2ccc(Cl)cc2)c2cccnc2)cc(OC)c1OC. The van der Waals surface area contributed by atoms with Gasteiger partial charge < -0.3 is 19.5 Å². The topological polar surface area (TPSA) is 69.7 Å². The number of carbonyl (C=O) groups excluding carboxylic acids is 1. The number of hydrogen-bond donors (Lipinski definition) is 1. The third-order valence-corrected chi connectivity index (χ3v) is 4.68. The maximum Gasteiger partial charge on any atom is 0.252 e. The van der Waals surface area contributed by atoms with Gasteiger partial charge in [-0.05, 0) is 41.5 Å². The largest absolute Gasteiger partial charge is 0.493 e. The highest BCUT2D eigenvalue weighted by Crippen LogP contribution is 2.38. The Kier molecular flexibility index (Phi) is 6.57. The predicted molar refractivity (Wildman–Crippen MR) is 111 cm³/mol. The monoisotopic (exact) mass is 412 g/mol. The molecule has 0 aliphatic rings. The molecule has 1 atom stereocenters. The molecule has 1 aromatic heterocycles. The molecule has 0 spiro atoms. The van der Waals surface area contributed by atoms with Crippen LogP contribution in [0.2, 0.25) is 5.02 Å². The third-order valence-electron chi connectivity index (χ3n) is 4.42. The lowest BCUT2D eigenvalue weighted by Crippen LogP contribution is -2.29. The van der Waals surface area contributed by atoms with Gasteiger partial charge >= 0.3 is 0 Å². The van der Waals surface area contributed by atoms with Crippen LogP contribution in [-0.2, 0) is 0 Å². The van der Waals surface area contributed by atoms with Gasteiger partial charge in [-0.15, -0.1) is 0 Å². The first-order valence-corrected chi connectivity index (χ1v) is 9.21. The van der Waals surface area contributed by atoms with Crippen LogP contribution >= 0.6 is 11.6 Å². The molecule has 2 aromatic carbocycles. The Morgan fingerprint density at radius 3 is 2.14 bits per heavy atom. The van der Waals surface area contributed by atoms with E-state index in [-0.39, 0.29) is 5.91 Å². The molecule has 0 aliphatic carbocycles. The minimum atomic E-state index is -0.410. The van der Waals surface area contributed by atoms with Crippen molar-refractivity contribution >= 4 is 17.5 Å². The lowest BCUT2D eigenvalue weighted by Gasteiger charge is -2.20. The molecule has 29 heavy (non-hydrogen) atoms. The van der Waals surface area contributed by atoms with Gasteiger partial charge in [-0.25, -0.2) is 0 Å². The van der Waals surface area contributed by atoms with Gasteiger partial charge in [0, 0.05) is 23.0 Å². The first-order valence-electron chi connectivity index (χ1n) is 8.83. The van der Waals surface area contributed by atoms with Crippen LogP contribution in [0.1, 0.15) is 27.5 Å². The lowest BCUT2D eigenvalue weighted by molar-refractivity contribution is 0.0942. The first-order chi connectivity index (χ1) is 14.1. The van der Waals surface area contributed by atoms with E-state index in [1.54, 1.807) is 36.7 Å². The van der Waals surface area contributed by atoms with Gasteiger partial charge in [0.15, 0.2) is 11.5 Å². The normalized spacial score (nSPS) is 11.4. The number of aromatic nitrogens is 1. The Morgan fingerprint density at radius 2 is 1.62 bits per heavy atom. The van der Waals surface area contributed by atoms with Gasteiger partial charge in [-0.3, -0.25) is 9.78 Å². The molecule has 3 rings (SSSR count). The van der Waals surface area contributed by atoms with Crippen molar-refractivity contribution in [1.82, 2.24) is 10.3 Å². The molecule has 7 heteroatoms. The van der Waals surface area contributed by atoms with E-state index in [4.69, 9.17) is 25.8 Å². The quantitative estimate of drug-likeness (QED) is 0.627. The van der Waals surface area contributed by atoms with Gasteiger partial charge in [0.25, 0.3) is 5.91 Å². The Hall–Kier alpha value is -3.25. The zero-order valence-electron chi connectivity index (χ0n) is 16.3. The minimum absolute atomic E-state index is 0.298. The van der Waals surface area contributed by atoms with E-state index in [1.165, 1.54) is 21.3 Å². The number of halogens is 1. The highest BCUT2D eigenvalue weighted by Gasteiger charge is 2.21. The third kappa shape index (κ3) is 4.60. The number of pyridine rings is 1. The van der Waals surface area contributed by atoms with Crippen molar-refractivity contribution in [2.75, 3.05) is 21.3 Å². The predicted octanol–water partition coefficient (Wildman–Crippen LogP) is 4.28. The van der Waals surface area contributed by atoms with Gasteiger partial charge in [-0.1, -0.05) is 29.8 Å². The molecule has 0 saturated carbocycles. The van der Waals surface area contributed by atoms with E-state index in [1.807, 2.05) is 24.3 Å². The van der Waals surface area contributed by atoms with Crippen LogP contribution in [0.15, 0.2) is 60.9 Å². The van der Waals surface area contributed by atoms with Gasteiger partial charge in [-0.2, -0.15) is 0 Å². The number of carbonyl (C=O) groups is 1. The zero-order valence-corrected chi connectivity index (χ0v) is 17.1. The Labute approximate surface area is 174 Å². The number of benzene rings is 2. The van der Waals surface area contributed by atoms with Crippen molar-refractivity contribution in [3.8, 4) is 17.2 Å². The number of nitrogens with one attached hydrogen (secondary N) is 1. The van der Waals surface area contributed by atoms with Crippen LogP contribution in [0, 0.1) is 0 Å². The number of amides is 1. The summed E-state index contributed by atoms with van der Waals surface area (Å²) in [5.74, 6) is 0.934. The van der Waals surface area contributed by atoms with Crippen LogP contribution in [0.3, 0.4) is 0 Å². The van der Waals surface area contributed by atoms with E-state index in [9.17, 15) is 4.79 Å². The fraction of sp³-hybridized carbons (Fsp3) is 0.182. The molecule has 1 heterocycles. The lowest BCUT2D eigenvalue weighted by atomic mass is 9.99. The number of ether oxygens (including phenoxy) is 3. The van der Waals surface area contributed by atoms with Crippen LogP contribution in [0.25, 0.3) is 0 Å². The fourth-order valence-electron chi connectivity index (χ4n) is 2.99. The molecular weight excluding hydrogens is 392 g/mol. The number of hydrogen-bond acceptors (Lipinski definition) is 5. The van der Waals surface area contributed by atoms with Crippen molar-refractivity contribution in [1.29, 1.82) is 0 Å². The Balaban J connectivity index is 1.98. The summed E-state index contributed by atoms with van der Waals surface area (Å²) in [5, 5.41) is 3.67. The summed E-state index contributed by atoms with van der Waals surface area (Å²) in [5.41, 5.74) is 2.10. The summed E-state index contributed by atoms with van der Waals surface area (Å²) >= 11 is 6.02. The maximum absolute atomic E-state index is 13.1. The second kappa shape index (κ2) is 9.30. The van der Waals surface area contributed by atoms with E-state index in [2.05, 4.69) is 10.3 Å². The van der Waals surface area contributed by atoms with E-state index in [0.717, 1.165) is 11.1 Å². The summed E-state index contributed by atoms with van der Waals surface area (Å²) in [7, 11) is 4.52. The average Bonchev–Trinajstić information content (AvgIpc) is 2.77. The standard InChI is InChI=1S/C22H21ClN2O4/c1-27-18-11-16(12-19(28-2)21(18)29-3)22(26)25-20(15-5-4-10-24-13-15)14-6-8-17(23)9-7-14/h4-13,20H,1-3H3,(H,25,26). The fourth-order valence-corrected chi connectivity index (χ4v) is 3.11. The van der Waals surface area contributed by atoms with Gasteiger partial charge in [0.2, 0.25) is 5.75 Å². The zero-order chi connectivity index (χ0) is 20.8. The Bertz CT molecular complexity index is 953. The number of rotatable bonds is 7. The van der Waals surface area contributed by atoms with Gasteiger partial charge in [0.1, 0.15) is 0 Å². The first kappa shape index (κ1) is 20.5. The summed E-state index contributed by atoms with van der Waals surface area (Å²) in [6.07, 6.45) is 3.40. The van der Waals surface area contributed by atoms with E-state index >= 15 is 0 Å². The molecule has 0 saturated heterocycles. The summed E-state index contributed by atoms with van der Waals surface area (Å²) < 4.78 is 16.0. The van der Waals surface area contributed by atoms with Gasteiger partial charge in [0.05, 0.1) is 27.4 Å². The highest BCUT2D eigenvalue weighted by molar-refractivity contribution is 6.30. The average molecular weight is 413 g/mol. The van der Waals surface area contributed by atoms with Crippen molar-refractivity contribution in [2.45, 2.75) is 6.04 Å². The molecule has 3 aromatic rings. The van der Waals surface area contributed by atoms with Crippen molar-refractivity contribution in [3.63, 3.8) is 0 Å². The van der Waals surface area contributed by atoms with Crippen LogP contribution in [-0.4, -0.2) is 32.2 Å². The molecule has 0 aliphatic heterocycles. The number of nitrogens with zero attached hydrogens (tertiary/aromatic N) is 1. The number of methoxy groups -OCH3 is 3. The van der Waals surface area contributed by atoms with Crippen LogP contribution in [0.5, 0.6) is 17.2 Å². The molecule has 6 nitrogen and oxygen atoms in total. The maximum atomic E-state index is 13.1. The molecule has 1 N–H and O–H groups in total. The molecule has 1 amide bonds. The van der Waals surface area contributed by atoms with Crippen molar-refractivity contribution in [3.05, 3.63) is 82.6 Å². The molecule has 1 unspecified atom stereocenters. The highest BCUT2D eigenvalue weighted by atomic mass is 35.5. The molecular formula is C22H21ClN2O4. The van der Waals surface area contributed by atoms with Crippen molar-refractivity contribution < 1.29 is 19.0 Å². The van der Waals surface area contributed by atoms with E-state index < -0.39 is 6.04 Å². The summed E-state index contributed by atoms with van der Waals surface area (Å²) in [4.78, 5) is 17.3. The molecule has 0 fully saturated rings. The summed E-state index contributed by atoms with van der Waals surface area (Å²) in [6.45, 7) is 0. The molecule has 150 valence electrons. The minimum Gasteiger partial charge on any atom is -0.493 e. The van der Waals surface area contributed by atoms with Crippen LogP contribution < -0.4 is 19.5 Å². The van der Waals surface area contributed by atoms with Crippen molar-refractivity contribution in [2.24, 2.45) is 0 Å². The second-order valence-electron chi connectivity index (χ2n) is 6.16. The second-order valence-corrected chi connectivity index (χ2v) is 6.59. The smallest absolute Gasteiger partial charge is 0.252 e. The summed E-state index contributed by atoms with van der Waals surface area (Å²) in [6, 6.07) is 13.8. The Morgan fingerprint density at radius 1 is 0.966 bits per heavy atom. The molecule has 0 bridgehead atoms.